The third-order valence-electron chi connectivity index (χ3n) is 8.05. The van der Waals surface area contributed by atoms with Crippen LogP contribution in [0.2, 0.25) is 0 Å². The Morgan fingerprint density at radius 1 is 1.07 bits per heavy atom. The van der Waals surface area contributed by atoms with Gasteiger partial charge in [-0.1, -0.05) is 65.8 Å². The number of nitrogens with one attached hydrogen (secondary N) is 3. The van der Waals surface area contributed by atoms with E-state index in [0.29, 0.717) is 0 Å². The molecule has 3 N–H and O–H groups in total. The Bertz CT molecular complexity index is 2140. The van der Waals surface area contributed by atoms with Gasteiger partial charge in [0.25, 0.3) is 16.0 Å². The lowest BCUT2D eigenvalue weighted by atomic mass is 9.98. The number of β-lactam (4-membered cyclic amide) rings is 1. The molecule has 1 aliphatic carbocycles. The molecule has 0 bridgehead atoms. The van der Waals surface area contributed by atoms with Crippen LogP contribution in [0.25, 0.3) is 0 Å². The molecule has 1 aliphatic heterocycles. The third-order valence-corrected chi connectivity index (χ3v) is 9.35. The van der Waals surface area contributed by atoms with Crippen LogP contribution in [0.3, 0.4) is 0 Å². The lowest BCUT2D eigenvalue weighted by Gasteiger charge is -2.36. The van der Waals surface area contributed by atoms with Crippen molar-refractivity contribution in [3.63, 3.8) is 0 Å². The van der Waals surface area contributed by atoms with Gasteiger partial charge in [0.2, 0.25) is 11.5 Å². The van der Waals surface area contributed by atoms with Crippen LogP contribution in [-0.2, 0) is 56.1 Å². The number of benzene rings is 2. The summed E-state index contributed by atoms with van der Waals surface area (Å²) in [6.07, 6.45) is 1.21. The van der Waals surface area contributed by atoms with Gasteiger partial charge in [-0.05, 0) is 31.9 Å². The first kappa shape index (κ1) is 39.0. The first-order chi connectivity index (χ1) is 26.1. The summed E-state index contributed by atoms with van der Waals surface area (Å²) in [6, 6.07) is 16.7. The first-order valence-electron chi connectivity index (χ1n) is 17.0. The SMILES string of the molecule is CC(C)(C)OC(=O)Nc1nc(C(=NOC2(C(=O)OC(c3ccccc3)c3ccccc3)CC2)C(=O)N[C@@H]2C(=O)N[C@@H]2Cn2ncc(COS(C)(=O)=O)n2)cs1. The van der Waals surface area contributed by atoms with Crippen molar-refractivity contribution in [1.29, 1.82) is 0 Å². The molecule has 0 unspecified atom stereocenters. The van der Waals surface area contributed by atoms with Gasteiger partial charge in [-0.15, -0.1) is 11.3 Å². The summed E-state index contributed by atoms with van der Waals surface area (Å²) in [7, 11) is -3.71. The monoisotopic (exact) mass is 794 g/mol. The van der Waals surface area contributed by atoms with Crippen LogP contribution in [-0.4, -0.2) is 87.5 Å². The number of ether oxygens (including phenoxy) is 2. The summed E-state index contributed by atoms with van der Waals surface area (Å²) >= 11 is 0.980. The number of hydrogen-bond acceptors (Lipinski definition) is 15. The highest BCUT2D eigenvalue weighted by atomic mass is 32.2. The number of thiazole rings is 1. The molecular weight excluding hydrogens is 757 g/mol. The predicted molar refractivity (Wildman–Crippen MR) is 196 cm³/mol. The van der Waals surface area contributed by atoms with Gasteiger partial charge in [-0.25, -0.2) is 14.6 Å². The van der Waals surface area contributed by atoms with E-state index in [0.717, 1.165) is 28.7 Å². The van der Waals surface area contributed by atoms with Gasteiger partial charge >= 0.3 is 12.1 Å². The number of amides is 3. The number of rotatable bonds is 15. The van der Waals surface area contributed by atoms with E-state index in [-0.39, 0.29) is 48.2 Å². The lowest BCUT2D eigenvalue weighted by molar-refractivity contribution is -0.164. The number of hydrogen-bond donors (Lipinski definition) is 3. The van der Waals surface area contributed by atoms with Crippen molar-refractivity contribution < 1.29 is 46.1 Å². The molecule has 0 radical (unpaired) electrons. The van der Waals surface area contributed by atoms with E-state index in [1.807, 2.05) is 60.7 Å². The molecule has 2 fully saturated rings. The van der Waals surface area contributed by atoms with E-state index >= 15 is 0 Å². The van der Waals surface area contributed by atoms with Crippen LogP contribution in [0.5, 0.6) is 0 Å². The largest absolute Gasteiger partial charge is 0.450 e. The number of nitrogens with zero attached hydrogens (tertiary/aromatic N) is 5. The third kappa shape index (κ3) is 10.3. The minimum absolute atomic E-state index is 0.0120. The van der Waals surface area contributed by atoms with Gasteiger partial charge in [0.05, 0.1) is 25.0 Å². The minimum Gasteiger partial charge on any atom is -0.450 e. The maximum Gasteiger partial charge on any atom is 0.413 e. The lowest BCUT2D eigenvalue weighted by Crippen LogP contribution is -2.70. The Hall–Kier alpha value is -5.73. The van der Waals surface area contributed by atoms with Crippen molar-refractivity contribution in [3.05, 3.63) is 94.8 Å². The van der Waals surface area contributed by atoms with Crippen LogP contribution in [0.4, 0.5) is 9.93 Å². The summed E-state index contributed by atoms with van der Waals surface area (Å²) in [6.45, 7) is 4.78. The fourth-order valence-electron chi connectivity index (χ4n) is 5.21. The molecule has 18 nitrogen and oxygen atoms in total. The van der Waals surface area contributed by atoms with Crippen molar-refractivity contribution in [2.45, 2.75) is 76.2 Å². The van der Waals surface area contributed by atoms with Gasteiger partial charge in [0.1, 0.15) is 29.6 Å². The molecule has 290 valence electrons. The van der Waals surface area contributed by atoms with E-state index in [9.17, 15) is 27.6 Å². The Balaban J connectivity index is 1.20. The second-order valence-corrected chi connectivity index (χ2v) is 16.2. The molecule has 55 heavy (non-hydrogen) atoms. The number of anilines is 1. The van der Waals surface area contributed by atoms with Gasteiger partial charge in [-0.2, -0.15) is 23.4 Å². The van der Waals surface area contributed by atoms with E-state index in [2.05, 4.69) is 36.3 Å². The zero-order valence-corrected chi connectivity index (χ0v) is 31.8. The van der Waals surface area contributed by atoms with Crippen LogP contribution >= 0.6 is 11.3 Å². The molecule has 3 heterocycles. The predicted octanol–water partition coefficient (Wildman–Crippen LogP) is 2.83. The standard InChI is InChI=1S/C35H38N8O10S2/c1-34(2,3)52-33(47)40-32-38-25(20-54-32)27(30(45)39-26-24(37-29(26)44)18-43-36-17-23(41-43)19-50-55(4,48)49)42-53-35(15-16-35)31(46)51-28(21-11-7-5-8-12-21)22-13-9-6-10-14-22/h5-14,17,20,24,26,28H,15-16,18-19H2,1-4H3,(H,37,44)(H,39,45)(H,38,40,47)/t24-,26+/m1/s1. The fourth-order valence-corrected chi connectivity index (χ4v) is 6.23. The maximum absolute atomic E-state index is 13.9. The molecule has 2 aliphatic rings. The average Bonchev–Trinajstić information content (AvgIpc) is 3.55. The average molecular weight is 795 g/mol. The molecule has 2 aromatic heterocycles. The van der Waals surface area contributed by atoms with E-state index in [1.54, 1.807) is 20.8 Å². The summed E-state index contributed by atoms with van der Waals surface area (Å²) in [5, 5.41) is 21.7. The number of carbonyl (C=O) groups is 4. The second-order valence-electron chi connectivity index (χ2n) is 13.7. The summed E-state index contributed by atoms with van der Waals surface area (Å²) in [5.74, 6) is -2.07. The highest BCUT2D eigenvalue weighted by Gasteiger charge is 2.56. The first-order valence-corrected chi connectivity index (χ1v) is 19.6. The Morgan fingerprint density at radius 3 is 2.31 bits per heavy atom. The smallest absolute Gasteiger partial charge is 0.413 e. The van der Waals surface area contributed by atoms with Gasteiger partial charge in [0, 0.05) is 18.2 Å². The van der Waals surface area contributed by atoms with Gasteiger partial charge in [-0.3, -0.25) is 19.1 Å². The molecule has 6 rings (SSSR count). The highest BCUT2D eigenvalue weighted by Crippen LogP contribution is 2.43. The molecule has 2 aromatic carbocycles. The van der Waals surface area contributed by atoms with Gasteiger partial charge in [0.15, 0.2) is 16.9 Å². The van der Waals surface area contributed by atoms with Gasteiger partial charge < -0.3 is 24.9 Å². The van der Waals surface area contributed by atoms with Crippen LogP contribution in [0, 0.1) is 0 Å². The fraction of sp³-hybridized carbons (Fsp3) is 0.371. The molecule has 1 saturated carbocycles. The Morgan fingerprint density at radius 2 is 1.73 bits per heavy atom. The maximum atomic E-state index is 13.9. The normalized spacial score (nSPS) is 17.8. The van der Waals surface area contributed by atoms with E-state index in [4.69, 9.17) is 18.5 Å². The molecule has 0 spiro atoms. The summed E-state index contributed by atoms with van der Waals surface area (Å²) in [4.78, 5) is 64.1. The zero-order valence-electron chi connectivity index (χ0n) is 30.1. The minimum atomic E-state index is -3.71. The molecule has 3 amide bonds. The molecule has 4 aromatic rings. The number of carbonyl (C=O) groups excluding carboxylic acids is 4. The topological polar surface area (TPSA) is 231 Å². The van der Waals surface area contributed by atoms with Crippen molar-refractivity contribution in [2.24, 2.45) is 5.16 Å². The zero-order chi connectivity index (χ0) is 39.4. The van der Waals surface area contributed by atoms with Crippen molar-refractivity contribution in [2.75, 3.05) is 11.6 Å². The number of esters is 1. The van der Waals surface area contributed by atoms with Crippen molar-refractivity contribution in [1.82, 2.24) is 30.6 Å². The van der Waals surface area contributed by atoms with Crippen LogP contribution in [0.1, 0.15) is 62.2 Å². The van der Waals surface area contributed by atoms with Crippen molar-refractivity contribution >= 4 is 56.2 Å². The quantitative estimate of drug-likeness (QED) is 0.0518. The number of aromatic nitrogens is 4. The summed E-state index contributed by atoms with van der Waals surface area (Å²) in [5.41, 5.74) is -0.974. The summed E-state index contributed by atoms with van der Waals surface area (Å²) < 4.78 is 38.7. The van der Waals surface area contributed by atoms with E-state index in [1.165, 1.54) is 16.4 Å². The van der Waals surface area contributed by atoms with E-state index < -0.39 is 63.4 Å². The molecule has 2 atom stereocenters. The molecular formula is C35H38N8O10S2. The number of oxime groups is 1. The Labute approximate surface area is 319 Å². The van der Waals surface area contributed by atoms with Crippen molar-refractivity contribution in [3.8, 4) is 0 Å². The second kappa shape index (κ2) is 15.9. The highest BCUT2D eigenvalue weighted by molar-refractivity contribution is 7.85. The molecule has 1 saturated heterocycles. The Kier molecular flexibility index (Phi) is 11.3. The van der Waals surface area contributed by atoms with Crippen LogP contribution < -0.4 is 16.0 Å². The molecule has 20 heteroatoms. The van der Waals surface area contributed by atoms with Crippen LogP contribution in [0.15, 0.2) is 77.4 Å².